The Morgan fingerprint density at radius 2 is 1.63 bits per heavy atom. The van der Waals surface area contributed by atoms with E-state index >= 15 is 0 Å². The first kappa shape index (κ1) is 16.8. The smallest absolute Gasteiger partial charge is 0.0398 e. The molecule has 0 amide bonds. The molecule has 1 aromatic carbocycles. The minimum atomic E-state index is 0.378. The van der Waals surface area contributed by atoms with Crippen molar-refractivity contribution in [1.29, 1.82) is 0 Å². The molecule has 1 aromatic rings. The van der Waals surface area contributed by atoms with Gasteiger partial charge >= 0.3 is 0 Å². The molecule has 0 aliphatic heterocycles. The van der Waals surface area contributed by atoms with Gasteiger partial charge in [0.25, 0.3) is 0 Å². The van der Waals surface area contributed by atoms with Gasteiger partial charge in [-0.3, -0.25) is 0 Å². The average molecular weight is 325 g/mol. The van der Waals surface area contributed by atoms with Crippen molar-refractivity contribution in [3.63, 3.8) is 0 Å². The van der Waals surface area contributed by atoms with E-state index in [0.717, 1.165) is 12.8 Å². The third-order valence-electron chi connectivity index (χ3n) is 4.39. The summed E-state index contributed by atoms with van der Waals surface area (Å²) < 4.78 is 0. The number of alkyl halides is 1. The normalized spacial score (nSPS) is 15.3. The summed E-state index contributed by atoms with van der Waals surface area (Å²) in [5, 5.41) is 0. The van der Waals surface area contributed by atoms with Crippen molar-refractivity contribution in [2.75, 3.05) is 0 Å². The van der Waals surface area contributed by atoms with E-state index in [1.165, 1.54) is 23.1 Å². The highest BCUT2D eigenvalue weighted by Gasteiger charge is 2.23. The number of rotatable bonds is 5. The monoisotopic (exact) mass is 324 g/mol. The number of aryl methyl sites for hydroxylation is 2. The molecule has 0 saturated carbocycles. The zero-order valence-electron chi connectivity index (χ0n) is 13.4. The van der Waals surface area contributed by atoms with Crippen LogP contribution < -0.4 is 0 Å². The fourth-order valence-electron chi connectivity index (χ4n) is 2.31. The SMILES string of the molecule is CCc1ccc(C(Br)CC(C)C(C)(C)C)cc1CC. The van der Waals surface area contributed by atoms with Crippen LogP contribution in [0.25, 0.3) is 0 Å². The molecule has 0 fully saturated rings. The third kappa shape index (κ3) is 4.63. The van der Waals surface area contributed by atoms with E-state index in [0.29, 0.717) is 16.2 Å². The van der Waals surface area contributed by atoms with Crippen LogP contribution in [-0.4, -0.2) is 0 Å². The van der Waals surface area contributed by atoms with Gasteiger partial charge in [0.15, 0.2) is 0 Å². The zero-order chi connectivity index (χ0) is 14.6. The first-order chi connectivity index (χ1) is 8.79. The van der Waals surface area contributed by atoms with E-state index in [-0.39, 0.29) is 0 Å². The minimum absolute atomic E-state index is 0.378. The number of halogens is 1. The summed E-state index contributed by atoms with van der Waals surface area (Å²) in [6.45, 7) is 13.8. The predicted molar refractivity (Wildman–Crippen MR) is 90.1 cm³/mol. The second kappa shape index (κ2) is 6.92. The van der Waals surface area contributed by atoms with Crippen LogP contribution in [0, 0.1) is 11.3 Å². The second-order valence-corrected chi connectivity index (χ2v) is 7.81. The number of hydrogen-bond acceptors (Lipinski definition) is 0. The van der Waals surface area contributed by atoms with Crippen molar-refractivity contribution in [2.24, 2.45) is 11.3 Å². The topological polar surface area (TPSA) is 0 Å². The Bertz CT molecular complexity index is 401. The molecule has 2 unspecified atom stereocenters. The van der Waals surface area contributed by atoms with Crippen LogP contribution in [0.15, 0.2) is 18.2 Å². The zero-order valence-corrected chi connectivity index (χ0v) is 15.0. The van der Waals surface area contributed by atoms with Gasteiger partial charge in [-0.1, -0.05) is 75.7 Å². The van der Waals surface area contributed by atoms with E-state index in [4.69, 9.17) is 0 Å². The molecule has 0 heterocycles. The quantitative estimate of drug-likeness (QED) is 0.556. The van der Waals surface area contributed by atoms with Crippen molar-refractivity contribution >= 4 is 15.9 Å². The molecule has 0 aliphatic rings. The molecule has 0 saturated heterocycles. The van der Waals surface area contributed by atoms with Gasteiger partial charge < -0.3 is 0 Å². The van der Waals surface area contributed by atoms with Crippen molar-refractivity contribution in [3.05, 3.63) is 34.9 Å². The second-order valence-electron chi connectivity index (χ2n) is 6.71. The molecule has 1 rings (SSSR count). The van der Waals surface area contributed by atoms with Gasteiger partial charge in [-0.05, 0) is 47.3 Å². The summed E-state index contributed by atoms with van der Waals surface area (Å²) in [5.74, 6) is 0.702. The standard InChI is InChI=1S/C18H29Br/c1-7-14-9-10-16(12-15(14)8-2)17(19)11-13(3)18(4,5)6/h9-10,12-13,17H,7-8,11H2,1-6H3. The molecule has 0 radical (unpaired) electrons. The molecule has 19 heavy (non-hydrogen) atoms. The van der Waals surface area contributed by atoms with Gasteiger partial charge in [-0.25, -0.2) is 0 Å². The molecule has 0 aromatic heterocycles. The summed E-state index contributed by atoms with van der Waals surface area (Å²) in [6, 6.07) is 7.00. The van der Waals surface area contributed by atoms with E-state index in [9.17, 15) is 0 Å². The Hall–Kier alpha value is -0.300. The molecule has 0 nitrogen and oxygen atoms in total. The maximum atomic E-state index is 3.89. The lowest BCUT2D eigenvalue weighted by Gasteiger charge is -2.29. The Kier molecular flexibility index (Phi) is 6.11. The Balaban J connectivity index is 2.85. The molecule has 2 atom stereocenters. The molecule has 0 aliphatic carbocycles. The van der Waals surface area contributed by atoms with Crippen LogP contribution in [0.4, 0.5) is 0 Å². The van der Waals surface area contributed by atoms with Gasteiger partial charge in [-0.2, -0.15) is 0 Å². The fourth-order valence-corrected chi connectivity index (χ4v) is 3.16. The van der Waals surface area contributed by atoms with Crippen molar-refractivity contribution in [1.82, 2.24) is 0 Å². The van der Waals surface area contributed by atoms with Crippen LogP contribution in [0.5, 0.6) is 0 Å². The van der Waals surface area contributed by atoms with E-state index in [1.54, 1.807) is 0 Å². The molecule has 0 N–H and O–H groups in total. The van der Waals surface area contributed by atoms with Crippen molar-refractivity contribution in [2.45, 2.75) is 65.6 Å². The van der Waals surface area contributed by atoms with Crippen LogP contribution in [0.1, 0.15) is 69.5 Å². The van der Waals surface area contributed by atoms with Gasteiger partial charge in [0, 0.05) is 4.83 Å². The summed E-state index contributed by atoms with van der Waals surface area (Å²) in [5.41, 5.74) is 4.82. The molecule has 108 valence electrons. The summed E-state index contributed by atoms with van der Waals surface area (Å²) >= 11 is 3.89. The largest absolute Gasteiger partial charge is 0.0839 e. The van der Waals surface area contributed by atoms with Crippen molar-refractivity contribution < 1.29 is 0 Å². The van der Waals surface area contributed by atoms with Crippen LogP contribution >= 0.6 is 15.9 Å². The highest BCUT2D eigenvalue weighted by molar-refractivity contribution is 9.09. The third-order valence-corrected chi connectivity index (χ3v) is 5.30. The lowest BCUT2D eigenvalue weighted by molar-refractivity contribution is 0.246. The highest BCUT2D eigenvalue weighted by atomic mass is 79.9. The lowest BCUT2D eigenvalue weighted by Crippen LogP contribution is -2.18. The number of hydrogen-bond donors (Lipinski definition) is 0. The first-order valence-corrected chi connectivity index (χ1v) is 8.46. The molecule has 1 heteroatoms. The van der Waals surface area contributed by atoms with Gasteiger partial charge in [0.1, 0.15) is 0 Å². The van der Waals surface area contributed by atoms with E-state index < -0.39 is 0 Å². The fraction of sp³-hybridized carbons (Fsp3) is 0.667. The van der Waals surface area contributed by atoms with E-state index in [2.05, 4.69) is 75.7 Å². The maximum Gasteiger partial charge on any atom is 0.0398 e. The summed E-state index contributed by atoms with van der Waals surface area (Å²) in [4.78, 5) is 0.470. The Morgan fingerprint density at radius 3 is 2.11 bits per heavy atom. The van der Waals surface area contributed by atoms with Gasteiger partial charge in [0.05, 0.1) is 0 Å². The lowest BCUT2D eigenvalue weighted by atomic mass is 9.79. The maximum absolute atomic E-state index is 3.89. The average Bonchev–Trinajstić information content (AvgIpc) is 2.36. The number of benzene rings is 1. The molecular weight excluding hydrogens is 296 g/mol. The van der Waals surface area contributed by atoms with Gasteiger partial charge in [0.2, 0.25) is 0 Å². The Labute approximate surface area is 128 Å². The summed E-state index contributed by atoms with van der Waals surface area (Å²) in [6.07, 6.45) is 3.46. The van der Waals surface area contributed by atoms with Crippen molar-refractivity contribution in [3.8, 4) is 0 Å². The highest BCUT2D eigenvalue weighted by Crippen LogP contribution is 2.37. The van der Waals surface area contributed by atoms with Gasteiger partial charge in [-0.15, -0.1) is 0 Å². The van der Waals surface area contributed by atoms with Crippen LogP contribution in [0.3, 0.4) is 0 Å². The van der Waals surface area contributed by atoms with Crippen LogP contribution in [0.2, 0.25) is 0 Å². The Morgan fingerprint density at radius 1 is 1.05 bits per heavy atom. The predicted octanol–water partition coefficient (Wildman–Crippen LogP) is 6.32. The molecule has 0 bridgehead atoms. The minimum Gasteiger partial charge on any atom is -0.0839 e. The molecular formula is C18H29Br. The van der Waals surface area contributed by atoms with E-state index in [1.807, 2.05) is 0 Å². The molecule has 0 spiro atoms. The van der Waals surface area contributed by atoms with Crippen LogP contribution in [-0.2, 0) is 12.8 Å². The summed E-state index contributed by atoms with van der Waals surface area (Å²) in [7, 11) is 0. The first-order valence-electron chi connectivity index (χ1n) is 7.55.